The summed E-state index contributed by atoms with van der Waals surface area (Å²) >= 11 is 0. The van der Waals surface area contributed by atoms with Gasteiger partial charge in [-0.15, -0.1) is 0 Å². The standard InChI is InChI=1S/C13H24N2O5S/c1-3-4-11-21(18,19)15-9-7-14(8-10-15)12(16)5-6-13(17)20-2/h3-11H2,1-2H3. The smallest absolute Gasteiger partial charge is 0.306 e. The third-order valence-electron chi connectivity index (χ3n) is 3.51. The maximum Gasteiger partial charge on any atom is 0.306 e. The molecule has 7 nitrogen and oxygen atoms in total. The molecule has 0 aromatic carbocycles. The van der Waals surface area contributed by atoms with Crippen molar-refractivity contribution in [3.63, 3.8) is 0 Å². The maximum absolute atomic E-state index is 12.0. The zero-order valence-electron chi connectivity index (χ0n) is 12.7. The molecular formula is C13H24N2O5S. The fourth-order valence-corrected chi connectivity index (χ4v) is 3.77. The first kappa shape index (κ1) is 17.9. The van der Waals surface area contributed by atoms with Crippen molar-refractivity contribution in [2.24, 2.45) is 0 Å². The van der Waals surface area contributed by atoms with Crippen LogP contribution in [0.1, 0.15) is 32.6 Å². The summed E-state index contributed by atoms with van der Waals surface area (Å²) in [6.45, 7) is 3.37. The molecule has 0 unspecified atom stereocenters. The lowest BCUT2D eigenvalue weighted by Crippen LogP contribution is -2.51. The Bertz CT molecular complexity index is 455. The van der Waals surface area contributed by atoms with Crippen molar-refractivity contribution in [1.82, 2.24) is 9.21 Å². The number of piperazine rings is 1. The molecule has 1 saturated heterocycles. The number of carbonyl (C=O) groups is 2. The minimum atomic E-state index is -3.20. The molecule has 0 aliphatic carbocycles. The lowest BCUT2D eigenvalue weighted by molar-refractivity contribution is -0.143. The highest BCUT2D eigenvalue weighted by atomic mass is 32.2. The second-order valence-corrected chi connectivity index (χ2v) is 7.11. The molecule has 0 N–H and O–H groups in total. The van der Waals surface area contributed by atoms with E-state index in [4.69, 9.17) is 0 Å². The summed E-state index contributed by atoms with van der Waals surface area (Å²) < 4.78 is 30.0. The molecule has 21 heavy (non-hydrogen) atoms. The summed E-state index contributed by atoms with van der Waals surface area (Å²) in [6.07, 6.45) is 1.66. The Morgan fingerprint density at radius 1 is 1.10 bits per heavy atom. The number of rotatable bonds is 7. The lowest BCUT2D eigenvalue weighted by atomic mass is 10.2. The van der Waals surface area contributed by atoms with Crippen LogP contribution in [0.3, 0.4) is 0 Å². The van der Waals surface area contributed by atoms with E-state index in [9.17, 15) is 18.0 Å². The first-order valence-electron chi connectivity index (χ1n) is 7.23. The van der Waals surface area contributed by atoms with Crippen molar-refractivity contribution in [1.29, 1.82) is 0 Å². The second kappa shape index (κ2) is 8.33. The lowest BCUT2D eigenvalue weighted by Gasteiger charge is -2.34. The predicted molar refractivity (Wildman–Crippen MR) is 78.1 cm³/mol. The summed E-state index contributed by atoms with van der Waals surface area (Å²) in [5.74, 6) is -0.380. The Balaban J connectivity index is 2.41. The zero-order valence-corrected chi connectivity index (χ0v) is 13.5. The van der Waals surface area contributed by atoms with Crippen LogP contribution in [0, 0.1) is 0 Å². The molecule has 0 bridgehead atoms. The maximum atomic E-state index is 12.0. The largest absolute Gasteiger partial charge is 0.469 e. The number of amides is 1. The zero-order chi connectivity index (χ0) is 15.9. The van der Waals surface area contributed by atoms with Crippen molar-refractivity contribution in [3.05, 3.63) is 0 Å². The number of hydrogen-bond donors (Lipinski definition) is 0. The summed E-state index contributed by atoms with van der Waals surface area (Å²) in [5, 5.41) is 0. The molecule has 0 radical (unpaired) electrons. The summed E-state index contributed by atoms with van der Waals surface area (Å²) in [7, 11) is -1.92. The topological polar surface area (TPSA) is 84.0 Å². The number of nitrogens with zero attached hydrogens (tertiary/aromatic N) is 2. The Hall–Kier alpha value is -1.15. The van der Waals surface area contributed by atoms with Crippen molar-refractivity contribution < 1.29 is 22.7 Å². The SMILES string of the molecule is CCCCS(=O)(=O)N1CCN(C(=O)CCC(=O)OC)CC1. The van der Waals surface area contributed by atoms with E-state index in [1.54, 1.807) is 4.90 Å². The number of esters is 1. The second-order valence-electron chi connectivity index (χ2n) is 5.03. The number of sulfonamides is 1. The molecule has 122 valence electrons. The monoisotopic (exact) mass is 320 g/mol. The minimum absolute atomic E-state index is 0.0599. The molecule has 1 rings (SSSR count). The van der Waals surface area contributed by atoms with Crippen molar-refractivity contribution in [2.45, 2.75) is 32.6 Å². The first-order chi connectivity index (χ1) is 9.90. The molecule has 1 amide bonds. The van der Waals surface area contributed by atoms with Gasteiger partial charge in [0, 0.05) is 32.6 Å². The third-order valence-corrected chi connectivity index (χ3v) is 5.47. The first-order valence-corrected chi connectivity index (χ1v) is 8.84. The molecule has 0 aromatic rings. The van der Waals surface area contributed by atoms with Crippen LogP contribution >= 0.6 is 0 Å². The van der Waals surface area contributed by atoms with E-state index < -0.39 is 16.0 Å². The minimum Gasteiger partial charge on any atom is -0.469 e. The van der Waals surface area contributed by atoms with Crippen LogP contribution in [0.5, 0.6) is 0 Å². The Morgan fingerprint density at radius 3 is 2.24 bits per heavy atom. The summed E-state index contributed by atoms with van der Waals surface area (Å²) in [5.41, 5.74) is 0. The number of carbonyl (C=O) groups excluding carboxylic acids is 2. The van der Waals surface area contributed by atoms with E-state index in [0.29, 0.717) is 32.6 Å². The molecule has 1 fully saturated rings. The quantitative estimate of drug-likeness (QED) is 0.626. The fraction of sp³-hybridized carbons (Fsp3) is 0.846. The van der Waals surface area contributed by atoms with E-state index in [1.165, 1.54) is 11.4 Å². The molecule has 0 aromatic heterocycles. The summed E-state index contributed by atoms with van der Waals surface area (Å²) in [6, 6.07) is 0. The van der Waals surface area contributed by atoms with Crippen LogP contribution in [-0.4, -0.2) is 68.5 Å². The van der Waals surface area contributed by atoms with Crippen LogP contribution < -0.4 is 0 Å². The van der Waals surface area contributed by atoms with Gasteiger partial charge < -0.3 is 9.64 Å². The van der Waals surface area contributed by atoms with Crippen LogP contribution in [0.25, 0.3) is 0 Å². The Kier molecular flexibility index (Phi) is 7.10. The predicted octanol–water partition coefficient (Wildman–Crippen LogP) is 0.214. The number of hydrogen-bond acceptors (Lipinski definition) is 5. The normalized spacial score (nSPS) is 16.8. The van der Waals surface area contributed by atoms with E-state index in [0.717, 1.165) is 6.42 Å². The molecule has 0 spiro atoms. The average Bonchev–Trinajstić information content (AvgIpc) is 2.50. The highest BCUT2D eigenvalue weighted by Gasteiger charge is 2.28. The van der Waals surface area contributed by atoms with Gasteiger partial charge in [0.1, 0.15) is 0 Å². The van der Waals surface area contributed by atoms with Gasteiger partial charge >= 0.3 is 5.97 Å². The van der Waals surface area contributed by atoms with Gasteiger partial charge in [-0.2, -0.15) is 4.31 Å². The number of ether oxygens (including phenoxy) is 1. The van der Waals surface area contributed by atoms with Gasteiger partial charge in [0.05, 0.1) is 19.3 Å². The van der Waals surface area contributed by atoms with Gasteiger partial charge in [-0.05, 0) is 6.42 Å². The van der Waals surface area contributed by atoms with Gasteiger partial charge in [-0.25, -0.2) is 8.42 Å². The molecule has 0 atom stereocenters. The summed E-state index contributed by atoms with van der Waals surface area (Å²) in [4.78, 5) is 24.5. The third kappa shape index (κ3) is 5.62. The van der Waals surface area contributed by atoms with Gasteiger partial charge in [0.25, 0.3) is 0 Å². The average molecular weight is 320 g/mol. The molecule has 1 aliphatic rings. The Labute approximate surface area is 126 Å². The Morgan fingerprint density at radius 2 is 1.71 bits per heavy atom. The van der Waals surface area contributed by atoms with E-state index in [2.05, 4.69) is 4.74 Å². The van der Waals surface area contributed by atoms with Gasteiger partial charge in [0.2, 0.25) is 15.9 Å². The molecule has 1 aliphatic heterocycles. The van der Waals surface area contributed by atoms with Crippen LogP contribution in [0.4, 0.5) is 0 Å². The number of unbranched alkanes of at least 4 members (excludes halogenated alkanes) is 1. The van der Waals surface area contributed by atoms with Gasteiger partial charge in [-0.3, -0.25) is 9.59 Å². The molecular weight excluding hydrogens is 296 g/mol. The van der Waals surface area contributed by atoms with E-state index in [-0.39, 0.29) is 24.5 Å². The highest BCUT2D eigenvalue weighted by Crippen LogP contribution is 2.11. The highest BCUT2D eigenvalue weighted by molar-refractivity contribution is 7.89. The van der Waals surface area contributed by atoms with Gasteiger partial charge in [0.15, 0.2) is 0 Å². The van der Waals surface area contributed by atoms with Crippen LogP contribution in [-0.2, 0) is 24.3 Å². The molecule has 0 saturated carbocycles. The molecule has 8 heteroatoms. The fourth-order valence-electron chi connectivity index (χ4n) is 2.14. The van der Waals surface area contributed by atoms with Crippen molar-refractivity contribution >= 4 is 21.9 Å². The van der Waals surface area contributed by atoms with Crippen molar-refractivity contribution in [2.75, 3.05) is 39.0 Å². The van der Waals surface area contributed by atoms with E-state index in [1.807, 2.05) is 6.92 Å². The van der Waals surface area contributed by atoms with Crippen LogP contribution in [0.2, 0.25) is 0 Å². The molecule has 1 heterocycles. The van der Waals surface area contributed by atoms with E-state index >= 15 is 0 Å². The van der Waals surface area contributed by atoms with Gasteiger partial charge in [-0.1, -0.05) is 13.3 Å². The van der Waals surface area contributed by atoms with Crippen molar-refractivity contribution in [3.8, 4) is 0 Å². The van der Waals surface area contributed by atoms with Crippen LogP contribution in [0.15, 0.2) is 0 Å². The number of methoxy groups -OCH3 is 1.